The first kappa shape index (κ1) is 13.1. The van der Waals surface area contributed by atoms with Crippen LogP contribution in [0.4, 0.5) is 0 Å². The van der Waals surface area contributed by atoms with Gasteiger partial charge in [-0.3, -0.25) is 0 Å². The van der Waals surface area contributed by atoms with E-state index >= 15 is 0 Å². The topological polar surface area (TPSA) is 29.9 Å². The number of halogens is 1. The van der Waals surface area contributed by atoms with E-state index in [-0.39, 0.29) is 6.04 Å². The van der Waals surface area contributed by atoms with Gasteiger partial charge in [0.2, 0.25) is 0 Å². The summed E-state index contributed by atoms with van der Waals surface area (Å²) in [5.74, 6) is 1.04. The van der Waals surface area contributed by atoms with Crippen molar-refractivity contribution in [2.24, 2.45) is 0 Å². The molecule has 0 fully saturated rings. The second-order valence-corrected chi connectivity index (χ2v) is 4.55. The Balaban J connectivity index is 2.36. The van der Waals surface area contributed by atoms with E-state index in [1.165, 1.54) is 5.56 Å². The molecule has 1 aromatic heterocycles. The third-order valence-corrected chi connectivity index (χ3v) is 3.21. The third kappa shape index (κ3) is 2.74. The first-order valence-electron chi connectivity index (χ1n) is 6.26. The van der Waals surface area contributed by atoms with E-state index in [1.54, 1.807) is 0 Å². The molecule has 0 amide bonds. The fourth-order valence-corrected chi connectivity index (χ4v) is 2.19. The van der Waals surface area contributed by atoms with Crippen LogP contribution in [-0.4, -0.2) is 16.1 Å². The van der Waals surface area contributed by atoms with E-state index in [2.05, 4.69) is 28.7 Å². The van der Waals surface area contributed by atoms with Crippen LogP contribution in [0.5, 0.6) is 0 Å². The van der Waals surface area contributed by atoms with Gasteiger partial charge >= 0.3 is 0 Å². The summed E-state index contributed by atoms with van der Waals surface area (Å²) in [6.07, 6.45) is 3.86. The number of hydrogen-bond donors (Lipinski definition) is 1. The lowest BCUT2D eigenvalue weighted by Gasteiger charge is -2.19. The minimum absolute atomic E-state index is 0.113. The summed E-state index contributed by atoms with van der Waals surface area (Å²) in [5.41, 5.74) is 1.18. The summed E-state index contributed by atoms with van der Waals surface area (Å²) in [7, 11) is 0. The van der Waals surface area contributed by atoms with Crippen molar-refractivity contribution in [1.82, 2.24) is 14.9 Å². The number of benzene rings is 1. The molecule has 3 nitrogen and oxygen atoms in total. The van der Waals surface area contributed by atoms with Crippen molar-refractivity contribution in [3.05, 3.63) is 53.1 Å². The lowest BCUT2D eigenvalue weighted by molar-refractivity contribution is 0.559. The Bertz CT molecular complexity index is 490. The normalized spacial score (nSPS) is 12.6. The number of nitrogens with one attached hydrogen (secondary N) is 1. The van der Waals surface area contributed by atoms with E-state index in [0.717, 1.165) is 23.9 Å². The van der Waals surface area contributed by atoms with E-state index in [9.17, 15) is 0 Å². The molecule has 4 heteroatoms. The molecule has 0 radical (unpaired) electrons. The molecule has 1 aromatic carbocycles. The number of aromatic nitrogens is 2. The van der Waals surface area contributed by atoms with Crippen molar-refractivity contribution in [2.45, 2.75) is 26.4 Å². The Labute approximate surface area is 113 Å². The van der Waals surface area contributed by atoms with Crippen LogP contribution >= 0.6 is 11.6 Å². The Morgan fingerprint density at radius 2 is 2.00 bits per heavy atom. The van der Waals surface area contributed by atoms with Crippen molar-refractivity contribution < 1.29 is 0 Å². The van der Waals surface area contributed by atoms with Crippen LogP contribution in [0.2, 0.25) is 5.02 Å². The van der Waals surface area contributed by atoms with Gasteiger partial charge in [-0.15, -0.1) is 0 Å². The van der Waals surface area contributed by atoms with Gasteiger partial charge in [0, 0.05) is 24.0 Å². The van der Waals surface area contributed by atoms with Crippen molar-refractivity contribution in [1.29, 1.82) is 0 Å². The average Bonchev–Trinajstić information content (AvgIpc) is 2.85. The smallest absolute Gasteiger partial charge is 0.130 e. The largest absolute Gasteiger partial charge is 0.334 e. The van der Waals surface area contributed by atoms with Gasteiger partial charge in [0.1, 0.15) is 5.82 Å². The Kier molecular flexibility index (Phi) is 4.39. The molecule has 1 heterocycles. The molecule has 0 bridgehead atoms. The zero-order valence-electron chi connectivity index (χ0n) is 10.7. The summed E-state index contributed by atoms with van der Waals surface area (Å²) in [4.78, 5) is 4.47. The molecule has 0 saturated carbocycles. The minimum Gasteiger partial charge on any atom is -0.334 e. The second kappa shape index (κ2) is 6.03. The van der Waals surface area contributed by atoms with Crippen molar-refractivity contribution in [2.75, 3.05) is 6.54 Å². The van der Waals surface area contributed by atoms with Gasteiger partial charge in [0.25, 0.3) is 0 Å². The Morgan fingerprint density at radius 3 is 2.61 bits per heavy atom. The lowest BCUT2D eigenvalue weighted by atomic mass is 10.1. The zero-order chi connectivity index (χ0) is 13.0. The maximum absolute atomic E-state index is 5.94. The maximum atomic E-state index is 5.94. The predicted octanol–water partition coefficient (Wildman–Crippen LogP) is 3.26. The molecular weight excluding hydrogens is 246 g/mol. The molecule has 0 saturated heterocycles. The number of hydrogen-bond acceptors (Lipinski definition) is 2. The predicted molar refractivity (Wildman–Crippen MR) is 74.9 cm³/mol. The number of aryl methyl sites for hydroxylation is 1. The van der Waals surface area contributed by atoms with Crippen LogP contribution in [0.25, 0.3) is 0 Å². The molecule has 0 aliphatic rings. The Hall–Kier alpha value is -1.32. The molecule has 1 unspecified atom stereocenters. The molecule has 2 rings (SSSR count). The highest BCUT2D eigenvalue weighted by Gasteiger charge is 2.17. The van der Waals surface area contributed by atoms with Crippen molar-refractivity contribution in [3.8, 4) is 0 Å². The van der Waals surface area contributed by atoms with Crippen LogP contribution in [0.15, 0.2) is 36.7 Å². The summed E-state index contributed by atoms with van der Waals surface area (Å²) >= 11 is 5.94. The molecule has 0 spiro atoms. The molecular formula is C14H18ClN3. The second-order valence-electron chi connectivity index (χ2n) is 4.11. The highest BCUT2D eigenvalue weighted by molar-refractivity contribution is 6.30. The molecule has 1 N–H and O–H groups in total. The number of imidazole rings is 1. The van der Waals surface area contributed by atoms with Crippen LogP contribution in [0, 0.1) is 0 Å². The molecule has 18 heavy (non-hydrogen) atoms. The van der Waals surface area contributed by atoms with E-state index in [4.69, 9.17) is 11.6 Å². The maximum Gasteiger partial charge on any atom is 0.130 e. The quantitative estimate of drug-likeness (QED) is 0.897. The lowest BCUT2D eigenvalue weighted by Crippen LogP contribution is -2.25. The summed E-state index contributed by atoms with van der Waals surface area (Å²) in [5, 5.41) is 4.23. The molecule has 0 aliphatic carbocycles. The zero-order valence-corrected chi connectivity index (χ0v) is 11.5. The van der Waals surface area contributed by atoms with Crippen LogP contribution in [0.1, 0.15) is 31.3 Å². The van der Waals surface area contributed by atoms with Crippen molar-refractivity contribution >= 4 is 11.6 Å². The monoisotopic (exact) mass is 263 g/mol. The van der Waals surface area contributed by atoms with Crippen LogP contribution in [0.3, 0.4) is 0 Å². The number of rotatable bonds is 5. The average molecular weight is 264 g/mol. The van der Waals surface area contributed by atoms with Crippen molar-refractivity contribution in [3.63, 3.8) is 0 Å². The third-order valence-electron chi connectivity index (χ3n) is 2.96. The van der Waals surface area contributed by atoms with Crippen LogP contribution < -0.4 is 5.32 Å². The van der Waals surface area contributed by atoms with Gasteiger partial charge in [-0.05, 0) is 31.2 Å². The first-order chi connectivity index (χ1) is 8.76. The highest BCUT2D eigenvalue weighted by atomic mass is 35.5. The van der Waals surface area contributed by atoms with Gasteiger partial charge in [0.05, 0.1) is 6.04 Å². The standard InChI is InChI=1S/C14H18ClN3/c1-3-16-13(11-5-7-12(15)8-6-11)14-17-9-10-18(14)4-2/h5-10,13,16H,3-4H2,1-2H3. The van der Waals surface area contributed by atoms with Gasteiger partial charge in [0.15, 0.2) is 0 Å². The minimum atomic E-state index is 0.113. The van der Waals surface area contributed by atoms with Gasteiger partial charge < -0.3 is 9.88 Å². The van der Waals surface area contributed by atoms with Crippen LogP contribution in [-0.2, 0) is 6.54 Å². The van der Waals surface area contributed by atoms with Gasteiger partial charge in [-0.2, -0.15) is 0 Å². The fraction of sp³-hybridized carbons (Fsp3) is 0.357. The first-order valence-corrected chi connectivity index (χ1v) is 6.64. The number of nitrogens with zero attached hydrogens (tertiary/aromatic N) is 2. The Morgan fingerprint density at radius 1 is 1.28 bits per heavy atom. The molecule has 0 aliphatic heterocycles. The van der Waals surface area contributed by atoms with Gasteiger partial charge in [-0.25, -0.2) is 4.98 Å². The van der Waals surface area contributed by atoms with E-state index < -0.39 is 0 Å². The SMILES string of the molecule is CCNC(c1ccc(Cl)cc1)c1nccn1CC. The summed E-state index contributed by atoms with van der Waals surface area (Å²) < 4.78 is 2.15. The fourth-order valence-electron chi connectivity index (χ4n) is 2.07. The molecule has 2 aromatic rings. The van der Waals surface area contributed by atoms with E-state index in [0.29, 0.717) is 0 Å². The molecule has 96 valence electrons. The summed E-state index contributed by atoms with van der Waals surface area (Å²) in [6.45, 7) is 6.03. The summed E-state index contributed by atoms with van der Waals surface area (Å²) in [6, 6.07) is 8.04. The van der Waals surface area contributed by atoms with E-state index in [1.807, 2.05) is 36.7 Å². The van der Waals surface area contributed by atoms with Gasteiger partial charge in [-0.1, -0.05) is 30.7 Å². The molecule has 1 atom stereocenters. The highest BCUT2D eigenvalue weighted by Crippen LogP contribution is 2.22.